The molecule has 4 aliphatic rings. The summed E-state index contributed by atoms with van der Waals surface area (Å²) in [6.45, 7) is 6.15. The Balaban J connectivity index is 0.00000176. The molecule has 130 valence electrons. The van der Waals surface area contributed by atoms with E-state index >= 15 is 0 Å². The van der Waals surface area contributed by atoms with Gasteiger partial charge < -0.3 is 27.6 Å². The lowest BCUT2D eigenvalue weighted by Crippen LogP contribution is -3.00. The quantitative estimate of drug-likeness (QED) is 0.614. The van der Waals surface area contributed by atoms with E-state index in [9.17, 15) is 5.11 Å². The van der Waals surface area contributed by atoms with Crippen molar-refractivity contribution in [2.24, 2.45) is 23.2 Å². The molecular weight excluding hydrogens is 298 g/mol. The van der Waals surface area contributed by atoms with E-state index in [0.717, 1.165) is 24.4 Å². The molecule has 0 radical (unpaired) electrons. The molecule has 4 heteroatoms. The van der Waals surface area contributed by atoms with Crippen LogP contribution >= 0.6 is 0 Å². The predicted octanol–water partition coefficient (Wildman–Crippen LogP) is -0.0276. The first-order valence-corrected chi connectivity index (χ1v) is 9.04. The van der Waals surface area contributed by atoms with Crippen molar-refractivity contribution < 1.29 is 22.3 Å². The molecule has 1 atom stereocenters. The molecule has 4 bridgehead atoms. The van der Waals surface area contributed by atoms with E-state index in [1.54, 1.807) is 0 Å². The summed E-state index contributed by atoms with van der Waals surface area (Å²) in [5.41, 5.74) is 0.607. The molecule has 0 saturated heterocycles. The summed E-state index contributed by atoms with van der Waals surface area (Å²) in [6.07, 6.45) is 9.77. The lowest BCUT2D eigenvalue weighted by Gasteiger charge is -2.57. The maximum atomic E-state index is 9.87. The van der Waals surface area contributed by atoms with E-state index in [2.05, 4.69) is 19.2 Å². The second-order valence-electron chi connectivity index (χ2n) is 8.46. The van der Waals surface area contributed by atoms with Gasteiger partial charge in [-0.05, 0) is 68.1 Å². The van der Waals surface area contributed by atoms with Crippen LogP contribution in [0.1, 0.15) is 58.8 Å². The molecular formula is C18H33ClNO2-. The van der Waals surface area contributed by atoms with Gasteiger partial charge in [-0.15, -0.1) is 0 Å². The lowest BCUT2D eigenvalue weighted by atomic mass is 9.49. The Morgan fingerprint density at radius 1 is 1.09 bits per heavy atom. The minimum atomic E-state index is -0.372. The summed E-state index contributed by atoms with van der Waals surface area (Å²) in [5.74, 6) is 3.08. The van der Waals surface area contributed by atoms with Crippen LogP contribution in [0.15, 0.2) is 0 Å². The van der Waals surface area contributed by atoms with E-state index in [1.807, 2.05) is 0 Å². The van der Waals surface area contributed by atoms with Crippen LogP contribution in [0.4, 0.5) is 0 Å². The normalized spacial score (nSPS) is 37.4. The minimum absolute atomic E-state index is 0. The molecule has 0 heterocycles. The highest BCUT2D eigenvalue weighted by molar-refractivity contribution is 5.01. The maximum absolute atomic E-state index is 9.87. The zero-order valence-electron chi connectivity index (χ0n) is 14.2. The van der Waals surface area contributed by atoms with Gasteiger partial charge in [0.05, 0.1) is 12.7 Å². The highest BCUT2D eigenvalue weighted by Crippen LogP contribution is 2.61. The van der Waals surface area contributed by atoms with Gasteiger partial charge in [-0.25, -0.2) is 0 Å². The molecule has 0 spiro atoms. The first-order chi connectivity index (χ1) is 10.0. The monoisotopic (exact) mass is 330 g/mol. The minimum Gasteiger partial charge on any atom is -1.00 e. The number of aliphatic hydroxyl groups is 1. The van der Waals surface area contributed by atoms with Crippen molar-refractivity contribution in [1.82, 2.24) is 5.32 Å². The summed E-state index contributed by atoms with van der Waals surface area (Å²) in [4.78, 5) is 0. The van der Waals surface area contributed by atoms with Gasteiger partial charge in [0, 0.05) is 19.2 Å². The molecule has 1 unspecified atom stereocenters. The molecule has 0 aromatic rings. The van der Waals surface area contributed by atoms with E-state index in [4.69, 9.17) is 4.74 Å². The third-order valence-corrected chi connectivity index (χ3v) is 6.01. The topological polar surface area (TPSA) is 41.5 Å². The van der Waals surface area contributed by atoms with Crippen LogP contribution in [0.25, 0.3) is 0 Å². The number of rotatable bonds is 8. The molecule has 22 heavy (non-hydrogen) atoms. The molecule has 4 aliphatic carbocycles. The van der Waals surface area contributed by atoms with Crippen molar-refractivity contribution in [2.45, 2.75) is 70.9 Å². The van der Waals surface area contributed by atoms with Crippen molar-refractivity contribution >= 4 is 0 Å². The summed E-state index contributed by atoms with van der Waals surface area (Å²) in [6, 6.07) is 0.423. The first-order valence-electron chi connectivity index (χ1n) is 9.04. The number of hydrogen-bond donors (Lipinski definition) is 2. The zero-order valence-corrected chi connectivity index (χ0v) is 14.9. The van der Waals surface area contributed by atoms with Crippen LogP contribution in [0.5, 0.6) is 0 Å². The Morgan fingerprint density at radius 3 is 2.14 bits per heavy atom. The highest BCUT2D eigenvalue weighted by atomic mass is 35.5. The van der Waals surface area contributed by atoms with Gasteiger partial charge in [-0.1, -0.05) is 13.8 Å². The molecule has 2 N–H and O–H groups in total. The maximum Gasteiger partial charge on any atom is 0.0897 e. The molecule has 0 amide bonds. The Morgan fingerprint density at radius 2 is 1.64 bits per heavy atom. The number of halogens is 1. The summed E-state index contributed by atoms with van der Waals surface area (Å²) in [5, 5.41) is 13.1. The summed E-state index contributed by atoms with van der Waals surface area (Å²) in [7, 11) is 0. The number of aliphatic hydroxyl groups excluding tert-OH is 1. The third kappa shape index (κ3) is 4.59. The van der Waals surface area contributed by atoms with Gasteiger partial charge in [-0.3, -0.25) is 0 Å². The fraction of sp³-hybridized carbons (Fsp3) is 1.00. The highest BCUT2D eigenvalue weighted by Gasteiger charge is 2.50. The average molecular weight is 331 g/mol. The third-order valence-electron chi connectivity index (χ3n) is 6.01. The Bertz CT molecular complexity index is 313. The van der Waals surface area contributed by atoms with Crippen LogP contribution in [0.3, 0.4) is 0 Å². The largest absolute Gasteiger partial charge is 1.00 e. The van der Waals surface area contributed by atoms with Crippen molar-refractivity contribution in [3.05, 3.63) is 0 Å². The molecule has 0 aromatic heterocycles. The van der Waals surface area contributed by atoms with Gasteiger partial charge in [0.25, 0.3) is 0 Å². The van der Waals surface area contributed by atoms with E-state index in [0.29, 0.717) is 24.6 Å². The predicted molar refractivity (Wildman–Crippen MR) is 85.2 cm³/mol. The fourth-order valence-corrected chi connectivity index (χ4v) is 5.53. The van der Waals surface area contributed by atoms with Gasteiger partial charge in [0.2, 0.25) is 0 Å². The summed E-state index contributed by atoms with van der Waals surface area (Å²) >= 11 is 0. The van der Waals surface area contributed by atoms with Crippen LogP contribution in [-0.2, 0) is 4.74 Å². The van der Waals surface area contributed by atoms with Crippen molar-refractivity contribution in [3.63, 3.8) is 0 Å². The number of hydrogen-bond acceptors (Lipinski definition) is 3. The lowest BCUT2D eigenvalue weighted by molar-refractivity contribution is -0.0730. The molecule has 4 saturated carbocycles. The molecule has 4 rings (SSSR count). The number of nitrogens with one attached hydrogen (secondary N) is 1. The zero-order chi connectivity index (χ0) is 14.9. The Hall–Kier alpha value is 0.170. The van der Waals surface area contributed by atoms with Gasteiger partial charge in [0.1, 0.15) is 0 Å². The van der Waals surface area contributed by atoms with E-state index in [1.165, 1.54) is 44.9 Å². The van der Waals surface area contributed by atoms with Crippen molar-refractivity contribution in [2.75, 3.05) is 19.8 Å². The number of ether oxygens (including phenoxy) is 1. The molecule has 4 fully saturated rings. The molecule has 3 nitrogen and oxygen atoms in total. The SMILES string of the molecule is CC(C)NCC(O)COCCC12CC3CC(CC(C3)C1)C2.[Cl-]. The van der Waals surface area contributed by atoms with Crippen molar-refractivity contribution in [3.8, 4) is 0 Å². The van der Waals surface area contributed by atoms with Gasteiger partial charge in [-0.2, -0.15) is 0 Å². The van der Waals surface area contributed by atoms with Crippen LogP contribution in [0, 0.1) is 23.2 Å². The van der Waals surface area contributed by atoms with E-state index < -0.39 is 0 Å². The Labute approximate surface area is 142 Å². The van der Waals surface area contributed by atoms with Gasteiger partial charge in [0.15, 0.2) is 0 Å². The fourth-order valence-electron chi connectivity index (χ4n) is 5.53. The second-order valence-corrected chi connectivity index (χ2v) is 8.46. The Kier molecular flexibility index (Phi) is 6.59. The average Bonchev–Trinajstić information content (AvgIpc) is 2.40. The standard InChI is InChI=1S/C18H33NO2.ClH/c1-13(2)19-11-17(20)12-21-4-3-18-8-14-5-15(9-18)7-16(6-14)10-18;/h13-17,19-20H,3-12H2,1-2H3;1H/p-1. The smallest absolute Gasteiger partial charge is 0.0897 e. The van der Waals surface area contributed by atoms with Crippen molar-refractivity contribution in [1.29, 1.82) is 0 Å². The van der Waals surface area contributed by atoms with Crippen LogP contribution in [-0.4, -0.2) is 37.0 Å². The van der Waals surface area contributed by atoms with E-state index in [-0.39, 0.29) is 18.5 Å². The summed E-state index contributed by atoms with van der Waals surface area (Å²) < 4.78 is 5.78. The van der Waals surface area contributed by atoms with Crippen LogP contribution in [0.2, 0.25) is 0 Å². The van der Waals surface area contributed by atoms with Gasteiger partial charge >= 0.3 is 0 Å². The van der Waals surface area contributed by atoms with Crippen LogP contribution < -0.4 is 17.7 Å². The second kappa shape index (κ2) is 7.83. The molecule has 0 aliphatic heterocycles. The molecule has 0 aromatic carbocycles. The first kappa shape index (κ1) is 18.5.